The first-order valence-corrected chi connectivity index (χ1v) is 4.82. The highest BCUT2D eigenvalue weighted by molar-refractivity contribution is 5.54. The maximum atomic E-state index is 11.6. The van der Waals surface area contributed by atoms with Crippen LogP contribution in [0.2, 0.25) is 0 Å². The molecule has 0 atom stereocenters. The van der Waals surface area contributed by atoms with Gasteiger partial charge in [0.1, 0.15) is 5.69 Å². The van der Waals surface area contributed by atoms with Crippen molar-refractivity contribution < 1.29 is 0 Å². The van der Waals surface area contributed by atoms with Crippen molar-refractivity contribution >= 4 is 0 Å². The average Bonchev–Trinajstić information content (AvgIpc) is 2.70. The third-order valence-corrected chi connectivity index (χ3v) is 2.22. The summed E-state index contributed by atoms with van der Waals surface area (Å²) in [5.74, 6) is 0. The van der Waals surface area contributed by atoms with Gasteiger partial charge in [0.25, 0.3) is 5.56 Å². The number of hydrogen-bond donors (Lipinski definition) is 2. The number of aromatic amines is 2. The summed E-state index contributed by atoms with van der Waals surface area (Å²) >= 11 is 0. The maximum absolute atomic E-state index is 11.6. The van der Waals surface area contributed by atoms with Gasteiger partial charge in [-0.15, -0.1) is 5.10 Å². The first-order chi connectivity index (χ1) is 7.59. The van der Waals surface area contributed by atoms with Crippen LogP contribution >= 0.6 is 0 Å². The molecule has 2 rings (SSSR count). The lowest BCUT2D eigenvalue weighted by Crippen LogP contribution is -2.31. The molecule has 84 valence electrons. The fourth-order valence-electron chi connectivity index (χ4n) is 1.38. The SMILES string of the molecule is CC(C)n1cc(-c2c[nH]nn2)c(=O)[nH]c1=O. The Morgan fingerprint density at radius 2 is 2.12 bits per heavy atom. The van der Waals surface area contributed by atoms with Crippen molar-refractivity contribution in [1.29, 1.82) is 0 Å². The molecule has 0 amide bonds. The van der Waals surface area contributed by atoms with E-state index in [1.165, 1.54) is 17.0 Å². The van der Waals surface area contributed by atoms with Crippen molar-refractivity contribution in [2.45, 2.75) is 19.9 Å². The molecular formula is C9H11N5O2. The zero-order valence-electron chi connectivity index (χ0n) is 8.89. The first-order valence-electron chi connectivity index (χ1n) is 4.82. The van der Waals surface area contributed by atoms with Crippen molar-refractivity contribution in [2.24, 2.45) is 0 Å². The van der Waals surface area contributed by atoms with Crippen LogP contribution in [0.15, 0.2) is 22.0 Å². The highest BCUT2D eigenvalue weighted by Gasteiger charge is 2.10. The summed E-state index contributed by atoms with van der Waals surface area (Å²) in [6.45, 7) is 3.71. The number of aromatic nitrogens is 5. The molecule has 2 N–H and O–H groups in total. The summed E-state index contributed by atoms with van der Waals surface area (Å²) in [6, 6.07) is -0.0324. The fraction of sp³-hybridized carbons (Fsp3) is 0.333. The second-order valence-electron chi connectivity index (χ2n) is 3.66. The minimum absolute atomic E-state index is 0.0324. The van der Waals surface area contributed by atoms with Crippen LogP contribution in [-0.4, -0.2) is 25.0 Å². The molecule has 7 nitrogen and oxygen atoms in total. The van der Waals surface area contributed by atoms with Crippen LogP contribution in [0, 0.1) is 0 Å². The monoisotopic (exact) mass is 221 g/mol. The number of rotatable bonds is 2. The van der Waals surface area contributed by atoms with Crippen LogP contribution in [0.5, 0.6) is 0 Å². The highest BCUT2D eigenvalue weighted by atomic mass is 16.2. The molecule has 16 heavy (non-hydrogen) atoms. The summed E-state index contributed by atoms with van der Waals surface area (Å²) in [6.07, 6.45) is 2.99. The second kappa shape index (κ2) is 3.76. The molecule has 0 aliphatic carbocycles. The fourth-order valence-corrected chi connectivity index (χ4v) is 1.38. The lowest BCUT2D eigenvalue weighted by atomic mass is 10.2. The van der Waals surface area contributed by atoms with Crippen LogP contribution < -0.4 is 11.2 Å². The zero-order valence-corrected chi connectivity index (χ0v) is 8.89. The van der Waals surface area contributed by atoms with Gasteiger partial charge in [0.15, 0.2) is 0 Å². The van der Waals surface area contributed by atoms with E-state index in [1.54, 1.807) is 0 Å². The summed E-state index contributed by atoms with van der Waals surface area (Å²) in [7, 11) is 0. The quantitative estimate of drug-likeness (QED) is 0.740. The van der Waals surface area contributed by atoms with Gasteiger partial charge in [0.05, 0.1) is 11.8 Å². The molecule has 0 saturated carbocycles. The molecule has 0 aromatic carbocycles. The van der Waals surface area contributed by atoms with Gasteiger partial charge in [-0.25, -0.2) is 4.79 Å². The van der Waals surface area contributed by atoms with Crippen LogP contribution in [0.1, 0.15) is 19.9 Å². The van der Waals surface area contributed by atoms with Gasteiger partial charge in [-0.1, -0.05) is 5.21 Å². The Labute approximate surface area is 90.1 Å². The van der Waals surface area contributed by atoms with Gasteiger partial charge in [-0.2, -0.15) is 0 Å². The molecule has 2 heterocycles. The van der Waals surface area contributed by atoms with Gasteiger partial charge in [0, 0.05) is 12.2 Å². The van der Waals surface area contributed by atoms with E-state index in [0.29, 0.717) is 11.3 Å². The van der Waals surface area contributed by atoms with Gasteiger partial charge in [-0.3, -0.25) is 19.4 Å². The average molecular weight is 221 g/mol. The molecule has 0 radical (unpaired) electrons. The second-order valence-corrected chi connectivity index (χ2v) is 3.66. The molecule has 0 spiro atoms. The van der Waals surface area contributed by atoms with Gasteiger partial charge >= 0.3 is 5.69 Å². The lowest BCUT2D eigenvalue weighted by Gasteiger charge is -2.09. The Morgan fingerprint density at radius 1 is 1.38 bits per heavy atom. The van der Waals surface area contributed by atoms with Crippen LogP contribution in [-0.2, 0) is 0 Å². The number of hydrogen-bond acceptors (Lipinski definition) is 4. The molecule has 0 aliphatic rings. The summed E-state index contributed by atoms with van der Waals surface area (Å²) in [5.41, 5.74) is -0.152. The summed E-state index contributed by atoms with van der Waals surface area (Å²) < 4.78 is 1.44. The van der Waals surface area contributed by atoms with Crippen LogP contribution in [0.25, 0.3) is 11.3 Å². The topological polar surface area (TPSA) is 96.4 Å². The van der Waals surface area contributed by atoms with E-state index in [9.17, 15) is 9.59 Å². The Bertz CT molecular complexity index is 593. The van der Waals surface area contributed by atoms with E-state index in [-0.39, 0.29) is 6.04 Å². The van der Waals surface area contributed by atoms with Crippen molar-refractivity contribution in [3.8, 4) is 11.3 Å². The lowest BCUT2D eigenvalue weighted by molar-refractivity contribution is 0.562. The molecular weight excluding hydrogens is 210 g/mol. The number of nitrogens with zero attached hydrogens (tertiary/aromatic N) is 3. The first kappa shape index (κ1) is 10.3. The van der Waals surface area contributed by atoms with Crippen molar-refractivity contribution in [2.75, 3.05) is 0 Å². The van der Waals surface area contributed by atoms with Gasteiger partial charge in [-0.05, 0) is 13.8 Å². The smallest absolute Gasteiger partial charge is 0.297 e. The minimum atomic E-state index is -0.462. The normalized spacial score (nSPS) is 10.9. The van der Waals surface area contributed by atoms with E-state index in [0.717, 1.165) is 0 Å². The van der Waals surface area contributed by atoms with Gasteiger partial charge < -0.3 is 0 Å². The predicted molar refractivity (Wildman–Crippen MR) is 57.1 cm³/mol. The molecule has 2 aromatic rings. The molecule has 0 aliphatic heterocycles. The molecule has 7 heteroatoms. The number of H-pyrrole nitrogens is 2. The molecule has 0 bridgehead atoms. The van der Waals surface area contributed by atoms with E-state index in [2.05, 4.69) is 20.4 Å². The Kier molecular flexibility index (Phi) is 2.43. The van der Waals surface area contributed by atoms with Gasteiger partial charge in [0.2, 0.25) is 0 Å². The minimum Gasteiger partial charge on any atom is -0.297 e. The van der Waals surface area contributed by atoms with Crippen molar-refractivity contribution in [3.05, 3.63) is 33.2 Å². The van der Waals surface area contributed by atoms with E-state index >= 15 is 0 Å². The largest absolute Gasteiger partial charge is 0.328 e. The molecule has 2 aromatic heterocycles. The summed E-state index contributed by atoms with van der Waals surface area (Å²) in [4.78, 5) is 25.3. The Balaban J connectivity index is 2.68. The van der Waals surface area contributed by atoms with Crippen LogP contribution in [0.4, 0.5) is 0 Å². The molecule has 0 fully saturated rings. The van der Waals surface area contributed by atoms with E-state index in [4.69, 9.17) is 0 Å². The third kappa shape index (κ3) is 1.67. The Hall–Kier alpha value is -2.18. The highest BCUT2D eigenvalue weighted by Crippen LogP contribution is 2.09. The van der Waals surface area contributed by atoms with E-state index < -0.39 is 11.2 Å². The maximum Gasteiger partial charge on any atom is 0.328 e. The number of nitrogens with one attached hydrogen (secondary N) is 2. The summed E-state index contributed by atoms with van der Waals surface area (Å²) in [5, 5.41) is 9.78. The Morgan fingerprint density at radius 3 is 2.69 bits per heavy atom. The molecule has 0 saturated heterocycles. The van der Waals surface area contributed by atoms with E-state index in [1.807, 2.05) is 13.8 Å². The van der Waals surface area contributed by atoms with Crippen LogP contribution in [0.3, 0.4) is 0 Å². The van der Waals surface area contributed by atoms with Crippen molar-refractivity contribution in [1.82, 2.24) is 25.0 Å². The zero-order chi connectivity index (χ0) is 11.7. The van der Waals surface area contributed by atoms with Crippen molar-refractivity contribution in [3.63, 3.8) is 0 Å². The molecule has 0 unspecified atom stereocenters. The predicted octanol–water partition coefficient (Wildman–Crippen LogP) is -0.0974. The standard InChI is InChI=1S/C9H11N5O2/c1-5(2)14-4-6(7-3-10-13-12-7)8(15)11-9(14)16/h3-5H,1-2H3,(H,10,12,13)(H,11,15,16). The third-order valence-electron chi connectivity index (χ3n) is 2.22.